The largest absolute Gasteiger partial charge is 0.474 e. The lowest BCUT2D eigenvalue weighted by atomic mass is 10.3. The molecule has 6 heteroatoms. The van der Waals surface area contributed by atoms with Gasteiger partial charge in [-0.05, 0) is 38.2 Å². The molecule has 5 nitrogen and oxygen atoms in total. The molecule has 1 aromatic rings. The number of anilines is 1. The van der Waals surface area contributed by atoms with Gasteiger partial charge in [0.05, 0.1) is 7.11 Å². The molecule has 1 amide bonds. The quantitative estimate of drug-likeness (QED) is 0.861. The Labute approximate surface area is 118 Å². The minimum absolute atomic E-state index is 0.257. The van der Waals surface area contributed by atoms with E-state index in [1.165, 1.54) is 7.11 Å². The van der Waals surface area contributed by atoms with Crippen molar-refractivity contribution in [1.29, 1.82) is 0 Å². The molecule has 19 heavy (non-hydrogen) atoms. The van der Waals surface area contributed by atoms with Gasteiger partial charge in [0.25, 0.3) is 5.17 Å². The van der Waals surface area contributed by atoms with Gasteiger partial charge in [0, 0.05) is 24.8 Å². The fourth-order valence-electron chi connectivity index (χ4n) is 1.45. The predicted molar refractivity (Wildman–Crippen MR) is 78.6 cm³/mol. The summed E-state index contributed by atoms with van der Waals surface area (Å²) in [6.45, 7) is 5.03. The number of carbonyl (C=O) groups is 1. The Hall–Kier alpha value is -1.82. The third kappa shape index (κ3) is 4.75. The summed E-state index contributed by atoms with van der Waals surface area (Å²) in [4.78, 5) is 13.4. The third-order valence-corrected chi connectivity index (χ3v) is 2.76. The number of nitrogens with one attached hydrogen (secondary N) is 1. The van der Waals surface area contributed by atoms with Gasteiger partial charge in [0.15, 0.2) is 0 Å². The van der Waals surface area contributed by atoms with Crippen molar-refractivity contribution < 1.29 is 14.3 Å². The first-order chi connectivity index (χ1) is 9.10. The molecule has 1 rings (SSSR count). The Morgan fingerprint density at radius 2 is 2.05 bits per heavy atom. The molecule has 0 atom stereocenters. The van der Waals surface area contributed by atoms with Crippen LogP contribution >= 0.6 is 12.2 Å². The van der Waals surface area contributed by atoms with Crippen molar-refractivity contribution in [2.75, 3.05) is 25.5 Å². The SMILES string of the molecule is CCN(CC)C(=O)Oc1cccc(NC(=S)OC)c1. The number of hydrogen-bond donors (Lipinski definition) is 1. The normalized spacial score (nSPS) is 9.63. The highest BCUT2D eigenvalue weighted by molar-refractivity contribution is 7.80. The molecule has 104 valence electrons. The van der Waals surface area contributed by atoms with Crippen LogP contribution in [0.25, 0.3) is 0 Å². The highest BCUT2D eigenvalue weighted by Gasteiger charge is 2.12. The molecule has 0 radical (unpaired) electrons. The van der Waals surface area contributed by atoms with Crippen molar-refractivity contribution in [3.8, 4) is 5.75 Å². The summed E-state index contributed by atoms with van der Waals surface area (Å²) < 4.78 is 10.1. The molecule has 0 aromatic heterocycles. The summed E-state index contributed by atoms with van der Waals surface area (Å²) in [6, 6.07) is 6.97. The van der Waals surface area contributed by atoms with E-state index in [1.807, 2.05) is 13.8 Å². The number of thiocarbonyl (C=S) groups is 1. The molecule has 0 fully saturated rings. The smallest absolute Gasteiger partial charge is 0.415 e. The zero-order valence-electron chi connectivity index (χ0n) is 11.3. The summed E-state index contributed by atoms with van der Waals surface area (Å²) >= 11 is 4.90. The van der Waals surface area contributed by atoms with Crippen molar-refractivity contribution in [2.45, 2.75) is 13.8 Å². The van der Waals surface area contributed by atoms with Crippen LogP contribution in [0.5, 0.6) is 5.75 Å². The Kier molecular flexibility index (Phi) is 6.08. The van der Waals surface area contributed by atoms with Crippen molar-refractivity contribution in [1.82, 2.24) is 4.90 Å². The third-order valence-electron chi connectivity index (χ3n) is 2.49. The monoisotopic (exact) mass is 282 g/mol. The number of nitrogens with zero attached hydrogens (tertiary/aromatic N) is 1. The summed E-state index contributed by atoms with van der Waals surface area (Å²) in [5, 5.41) is 3.12. The Morgan fingerprint density at radius 1 is 1.37 bits per heavy atom. The first-order valence-corrected chi connectivity index (χ1v) is 6.43. The van der Waals surface area contributed by atoms with Gasteiger partial charge >= 0.3 is 6.09 Å². The highest BCUT2D eigenvalue weighted by Crippen LogP contribution is 2.18. The second-order valence-corrected chi connectivity index (χ2v) is 4.06. The Morgan fingerprint density at radius 3 is 2.63 bits per heavy atom. The maximum atomic E-state index is 11.8. The second-order valence-electron chi connectivity index (χ2n) is 3.68. The fraction of sp³-hybridized carbons (Fsp3) is 0.385. The maximum Gasteiger partial charge on any atom is 0.415 e. The number of hydrogen-bond acceptors (Lipinski definition) is 4. The van der Waals surface area contributed by atoms with Crippen LogP contribution in [0.15, 0.2) is 24.3 Å². The zero-order valence-corrected chi connectivity index (χ0v) is 12.1. The standard InChI is InChI=1S/C13H18N2O3S/c1-4-15(5-2)13(16)18-11-8-6-7-10(9-11)14-12(19)17-3/h6-9H,4-5H2,1-3H3,(H,14,19). The van der Waals surface area contributed by atoms with Gasteiger partial charge in [-0.3, -0.25) is 0 Å². The molecular formula is C13H18N2O3S. The average Bonchev–Trinajstić information content (AvgIpc) is 2.40. The van der Waals surface area contributed by atoms with Gasteiger partial charge in [-0.2, -0.15) is 0 Å². The van der Waals surface area contributed by atoms with Crippen LogP contribution in [0.2, 0.25) is 0 Å². The first kappa shape index (κ1) is 15.2. The van der Waals surface area contributed by atoms with Gasteiger partial charge in [0.2, 0.25) is 0 Å². The van der Waals surface area contributed by atoms with E-state index in [-0.39, 0.29) is 11.3 Å². The van der Waals surface area contributed by atoms with E-state index in [2.05, 4.69) is 5.32 Å². The number of methoxy groups -OCH3 is 1. The van der Waals surface area contributed by atoms with Crippen LogP contribution in [0, 0.1) is 0 Å². The number of rotatable bonds is 4. The van der Waals surface area contributed by atoms with Crippen molar-refractivity contribution in [3.05, 3.63) is 24.3 Å². The molecule has 0 aliphatic heterocycles. The van der Waals surface area contributed by atoms with Crippen molar-refractivity contribution in [2.24, 2.45) is 0 Å². The topological polar surface area (TPSA) is 50.8 Å². The van der Waals surface area contributed by atoms with Crippen LogP contribution in [0.4, 0.5) is 10.5 Å². The zero-order chi connectivity index (χ0) is 14.3. The van der Waals surface area contributed by atoms with Gasteiger partial charge in [-0.25, -0.2) is 4.79 Å². The first-order valence-electron chi connectivity index (χ1n) is 6.02. The van der Waals surface area contributed by atoms with E-state index in [9.17, 15) is 4.79 Å². The average molecular weight is 282 g/mol. The van der Waals surface area contributed by atoms with Gasteiger partial charge < -0.3 is 19.7 Å². The number of carbonyl (C=O) groups excluding carboxylic acids is 1. The van der Waals surface area contributed by atoms with Crippen LogP contribution in [-0.2, 0) is 4.74 Å². The van der Waals surface area contributed by atoms with E-state index < -0.39 is 0 Å². The molecular weight excluding hydrogens is 264 g/mol. The predicted octanol–water partition coefficient (Wildman–Crippen LogP) is 2.87. The molecule has 0 heterocycles. The highest BCUT2D eigenvalue weighted by atomic mass is 32.1. The van der Waals surface area contributed by atoms with Crippen LogP contribution in [0.1, 0.15) is 13.8 Å². The number of amides is 1. The van der Waals surface area contributed by atoms with Crippen molar-refractivity contribution in [3.63, 3.8) is 0 Å². The maximum absolute atomic E-state index is 11.8. The minimum Gasteiger partial charge on any atom is -0.474 e. The molecule has 1 aromatic carbocycles. The van der Waals surface area contributed by atoms with Crippen molar-refractivity contribution >= 4 is 29.2 Å². The van der Waals surface area contributed by atoms with Crippen LogP contribution < -0.4 is 10.1 Å². The number of ether oxygens (including phenoxy) is 2. The van der Waals surface area contributed by atoms with E-state index in [0.717, 1.165) is 0 Å². The molecule has 0 saturated heterocycles. The van der Waals surface area contributed by atoms with Gasteiger partial charge in [-0.15, -0.1) is 0 Å². The molecule has 0 spiro atoms. The van der Waals surface area contributed by atoms with Gasteiger partial charge in [0.1, 0.15) is 5.75 Å². The van der Waals surface area contributed by atoms with E-state index in [1.54, 1.807) is 29.2 Å². The fourth-order valence-corrected chi connectivity index (χ4v) is 1.57. The van der Waals surface area contributed by atoms with E-state index in [4.69, 9.17) is 21.7 Å². The van der Waals surface area contributed by atoms with Crippen LogP contribution in [-0.4, -0.2) is 36.4 Å². The summed E-state index contributed by atoms with van der Waals surface area (Å²) in [5.41, 5.74) is 0.705. The molecule has 0 unspecified atom stereocenters. The lowest BCUT2D eigenvalue weighted by Crippen LogP contribution is -2.33. The van der Waals surface area contributed by atoms with Crippen LogP contribution in [0.3, 0.4) is 0 Å². The Bertz CT molecular complexity index is 447. The summed E-state index contributed by atoms with van der Waals surface area (Å²) in [5.74, 6) is 0.459. The molecule has 1 N–H and O–H groups in total. The Balaban J connectivity index is 2.71. The van der Waals surface area contributed by atoms with E-state index in [0.29, 0.717) is 24.5 Å². The molecule has 0 saturated carbocycles. The lowest BCUT2D eigenvalue weighted by Gasteiger charge is -2.18. The molecule has 0 aliphatic carbocycles. The van der Waals surface area contributed by atoms with Gasteiger partial charge in [-0.1, -0.05) is 6.07 Å². The molecule has 0 bridgehead atoms. The summed E-state index contributed by atoms with van der Waals surface area (Å²) in [6.07, 6.45) is -0.364. The molecule has 0 aliphatic rings. The summed E-state index contributed by atoms with van der Waals surface area (Å²) in [7, 11) is 1.49. The number of benzene rings is 1. The minimum atomic E-state index is -0.364. The van der Waals surface area contributed by atoms with E-state index >= 15 is 0 Å². The second kappa shape index (κ2) is 7.58. The lowest BCUT2D eigenvalue weighted by molar-refractivity contribution is 0.157.